The summed E-state index contributed by atoms with van der Waals surface area (Å²) >= 11 is 0. The van der Waals surface area contributed by atoms with Gasteiger partial charge in [-0.1, -0.05) is 30.3 Å². The molecule has 2 aromatic carbocycles. The summed E-state index contributed by atoms with van der Waals surface area (Å²) < 4.78 is 18.4. The van der Waals surface area contributed by atoms with Crippen molar-refractivity contribution in [1.82, 2.24) is 0 Å². The molecule has 2 rings (SSSR count). The van der Waals surface area contributed by atoms with Gasteiger partial charge in [0.05, 0.1) is 12.6 Å². The largest absolute Gasteiger partial charge is 0.382 e. The Kier molecular flexibility index (Phi) is 4.53. The lowest BCUT2D eigenvalue weighted by molar-refractivity contribution is 0.186. The van der Waals surface area contributed by atoms with E-state index in [1.54, 1.807) is 13.2 Å². The van der Waals surface area contributed by atoms with E-state index in [0.717, 1.165) is 16.8 Å². The first-order valence-electron chi connectivity index (χ1n) is 6.27. The second-order valence-electron chi connectivity index (χ2n) is 4.52. The lowest BCUT2D eigenvalue weighted by Gasteiger charge is -2.21. The lowest BCUT2D eigenvalue weighted by atomic mass is 10.1. The fraction of sp³-hybridized carbons (Fsp3) is 0.250. The van der Waals surface area contributed by atoms with Gasteiger partial charge >= 0.3 is 0 Å². The molecule has 0 saturated carbocycles. The van der Waals surface area contributed by atoms with Gasteiger partial charge in [0.1, 0.15) is 5.82 Å². The normalized spacial score (nSPS) is 12.2. The summed E-state index contributed by atoms with van der Waals surface area (Å²) in [7, 11) is 1.68. The van der Waals surface area contributed by atoms with E-state index < -0.39 is 0 Å². The van der Waals surface area contributed by atoms with Crippen molar-refractivity contribution in [1.29, 1.82) is 0 Å². The Morgan fingerprint density at radius 3 is 2.53 bits per heavy atom. The van der Waals surface area contributed by atoms with Crippen LogP contribution >= 0.6 is 0 Å². The standard InChI is InChI=1S/C16H18FNO/c1-12-10-14(17)8-9-15(12)18-16(11-19-2)13-6-4-3-5-7-13/h3-10,16,18H,11H2,1-2H3. The van der Waals surface area contributed by atoms with Gasteiger partial charge in [0.15, 0.2) is 0 Å². The maximum absolute atomic E-state index is 13.1. The van der Waals surface area contributed by atoms with Gasteiger partial charge in [0, 0.05) is 12.8 Å². The molecule has 0 radical (unpaired) electrons. The summed E-state index contributed by atoms with van der Waals surface area (Å²) in [6.45, 7) is 2.45. The minimum atomic E-state index is -0.217. The molecule has 0 saturated heterocycles. The predicted octanol–water partition coefficient (Wildman–Crippen LogP) is 3.93. The van der Waals surface area contributed by atoms with Gasteiger partial charge in [-0.05, 0) is 36.2 Å². The highest BCUT2D eigenvalue weighted by atomic mass is 19.1. The Morgan fingerprint density at radius 2 is 1.89 bits per heavy atom. The van der Waals surface area contributed by atoms with E-state index in [2.05, 4.69) is 17.4 Å². The second kappa shape index (κ2) is 6.34. The number of methoxy groups -OCH3 is 1. The van der Waals surface area contributed by atoms with Gasteiger partial charge in [-0.25, -0.2) is 4.39 Å². The van der Waals surface area contributed by atoms with E-state index >= 15 is 0 Å². The average Bonchev–Trinajstić information content (AvgIpc) is 2.42. The van der Waals surface area contributed by atoms with Crippen LogP contribution in [0.15, 0.2) is 48.5 Å². The van der Waals surface area contributed by atoms with E-state index in [1.165, 1.54) is 12.1 Å². The van der Waals surface area contributed by atoms with Crippen molar-refractivity contribution in [3.8, 4) is 0 Å². The molecule has 2 aromatic rings. The molecule has 100 valence electrons. The number of benzene rings is 2. The quantitative estimate of drug-likeness (QED) is 0.878. The molecule has 0 aromatic heterocycles. The number of ether oxygens (including phenoxy) is 1. The van der Waals surface area contributed by atoms with Gasteiger partial charge < -0.3 is 10.1 Å². The number of anilines is 1. The fourth-order valence-electron chi connectivity index (χ4n) is 2.05. The Morgan fingerprint density at radius 1 is 1.16 bits per heavy atom. The molecule has 0 fully saturated rings. The summed E-state index contributed by atoms with van der Waals surface area (Å²) in [5, 5.41) is 3.40. The van der Waals surface area contributed by atoms with Crippen molar-refractivity contribution in [3.05, 3.63) is 65.5 Å². The van der Waals surface area contributed by atoms with Crippen molar-refractivity contribution in [2.75, 3.05) is 19.0 Å². The van der Waals surface area contributed by atoms with Crippen molar-refractivity contribution in [3.63, 3.8) is 0 Å². The summed E-state index contributed by atoms with van der Waals surface area (Å²) in [6.07, 6.45) is 0. The number of aryl methyl sites for hydroxylation is 1. The summed E-state index contributed by atoms with van der Waals surface area (Å²) in [4.78, 5) is 0. The van der Waals surface area contributed by atoms with Crippen LogP contribution in [0.25, 0.3) is 0 Å². The summed E-state index contributed by atoms with van der Waals surface area (Å²) in [5.41, 5.74) is 2.96. The highest BCUT2D eigenvalue weighted by molar-refractivity contribution is 5.52. The molecule has 1 N–H and O–H groups in total. The molecule has 0 aliphatic heterocycles. The molecule has 0 amide bonds. The molecule has 0 aliphatic carbocycles. The van der Waals surface area contributed by atoms with Crippen LogP contribution in [0.3, 0.4) is 0 Å². The van der Waals surface area contributed by atoms with Crippen molar-refractivity contribution < 1.29 is 9.13 Å². The van der Waals surface area contributed by atoms with E-state index in [-0.39, 0.29) is 11.9 Å². The maximum atomic E-state index is 13.1. The van der Waals surface area contributed by atoms with Gasteiger partial charge in [-0.2, -0.15) is 0 Å². The van der Waals surface area contributed by atoms with Crippen molar-refractivity contribution in [2.45, 2.75) is 13.0 Å². The van der Waals surface area contributed by atoms with Crippen LogP contribution in [0.2, 0.25) is 0 Å². The second-order valence-corrected chi connectivity index (χ2v) is 4.52. The molecular weight excluding hydrogens is 241 g/mol. The van der Waals surface area contributed by atoms with Crippen LogP contribution in [0.1, 0.15) is 17.2 Å². The summed E-state index contributed by atoms with van der Waals surface area (Å²) in [6, 6.07) is 14.9. The van der Waals surface area contributed by atoms with Gasteiger partial charge in [-0.15, -0.1) is 0 Å². The van der Waals surface area contributed by atoms with Crippen LogP contribution in [0.4, 0.5) is 10.1 Å². The zero-order valence-electron chi connectivity index (χ0n) is 11.2. The number of hydrogen-bond donors (Lipinski definition) is 1. The number of nitrogens with one attached hydrogen (secondary N) is 1. The molecule has 0 heterocycles. The van der Waals surface area contributed by atoms with Gasteiger partial charge in [0.2, 0.25) is 0 Å². The molecule has 1 atom stereocenters. The minimum absolute atomic E-state index is 0.0513. The van der Waals surface area contributed by atoms with Crippen LogP contribution in [0.5, 0.6) is 0 Å². The fourth-order valence-corrected chi connectivity index (χ4v) is 2.05. The average molecular weight is 259 g/mol. The molecular formula is C16H18FNO. The molecule has 3 heteroatoms. The van der Waals surface area contributed by atoms with E-state index in [0.29, 0.717) is 6.61 Å². The van der Waals surface area contributed by atoms with E-state index in [9.17, 15) is 4.39 Å². The number of rotatable bonds is 5. The van der Waals surface area contributed by atoms with Crippen molar-refractivity contribution >= 4 is 5.69 Å². The van der Waals surface area contributed by atoms with Crippen LogP contribution in [0, 0.1) is 12.7 Å². The molecule has 2 nitrogen and oxygen atoms in total. The zero-order valence-corrected chi connectivity index (χ0v) is 11.2. The van der Waals surface area contributed by atoms with Crippen LogP contribution in [-0.4, -0.2) is 13.7 Å². The SMILES string of the molecule is COCC(Nc1ccc(F)cc1C)c1ccccc1. The predicted molar refractivity (Wildman–Crippen MR) is 75.8 cm³/mol. The Hall–Kier alpha value is -1.87. The minimum Gasteiger partial charge on any atom is -0.382 e. The monoisotopic (exact) mass is 259 g/mol. The summed E-state index contributed by atoms with van der Waals surface area (Å²) in [5.74, 6) is -0.217. The van der Waals surface area contributed by atoms with Gasteiger partial charge in [0.25, 0.3) is 0 Å². The van der Waals surface area contributed by atoms with Crippen LogP contribution in [-0.2, 0) is 4.74 Å². The highest BCUT2D eigenvalue weighted by Gasteiger charge is 2.12. The highest BCUT2D eigenvalue weighted by Crippen LogP contribution is 2.23. The van der Waals surface area contributed by atoms with Crippen molar-refractivity contribution in [2.24, 2.45) is 0 Å². The van der Waals surface area contributed by atoms with Crippen LogP contribution < -0.4 is 5.32 Å². The maximum Gasteiger partial charge on any atom is 0.123 e. The third-order valence-corrected chi connectivity index (χ3v) is 3.05. The lowest BCUT2D eigenvalue weighted by Crippen LogP contribution is -2.16. The molecule has 0 bridgehead atoms. The number of halogens is 1. The third-order valence-electron chi connectivity index (χ3n) is 3.05. The topological polar surface area (TPSA) is 21.3 Å². The first-order chi connectivity index (χ1) is 9.20. The molecule has 19 heavy (non-hydrogen) atoms. The first kappa shape index (κ1) is 13.6. The Balaban J connectivity index is 2.21. The Bertz CT molecular complexity index is 528. The molecule has 1 unspecified atom stereocenters. The van der Waals surface area contributed by atoms with E-state index in [1.807, 2.05) is 25.1 Å². The Labute approximate surface area is 113 Å². The molecule has 0 spiro atoms. The first-order valence-corrected chi connectivity index (χ1v) is 6.27. The third kappa shape index (κ3) is 3.55. The number of hydrogen-bond acceptors (Lipinski definition) is 2. The van der Waals surface area contributed by atoms with Gasteiger partial charge in [-0.3, -0.25) is 0 Å². The smallest absolute Gasteiger partial charge is 0.123 e. The molecule has 0 aliphatic rings. The zero-order chi connectivity index (χ0) is 13.7. The van der Waals surface area contributed by atoms with E-state index in [4.69, 9.17) is 4.74 Å².